The summed E-state index contributed by atoms with van der Waals surface area (Å²) >= 11 is 6.27. The van der Waals surface area contributed by atoms with E-state index in [-0.39, 0.29) is 5.78 Å². The van der Waals surface area contributed by atoms with Gasteiger partial charge < -0.3 is 4.74 Å². The van der Waals surface area contributed by atoms with Crippen molar-refractivity contribution in [2.75, 3.05) is 26.2 Å². The average molecular weight is 330 g/mol. The fourth-order valence-corrected chi connectivity index (χ4v) is 3.07. The van der Waals surface area contributed by atoms with Crippen LogP contribution in [0.3, 0.4) is 0 Å². The maximum Gasteiger partial charge on any atom is 0.194 e. The number of ether oxygens (including phenoxy) is 1. The first-order valence-electron chi connectivity index (χ1n) is 7.98. The number of ketones is 1. The Bertz CT molecular complexity index is 666. The molecule has 3 nitrogen and oxygen atoms in total. The molecule has 1 fully saturated rings. The minimum atomic E-state index is -0.0702. The molecule has 1 saturated heterocycles. The van der Waals surface area contributed by atoms with E-state index in [1.54, 1.807) is 24.3 Å². The highest BCUT2D eigenvalue weighted by atomic mass is 35.5. The molecule has 0 aliphatic carbocycles. The molecule has 4 heteroatoms. The van der Waals surface area contributed by atoms with Gasteiger partial charge in [0.05, 0.1) is 5.02 Å². The summed E-state index contributed by atoms with van der Waals surface area (Å²) in [5, 5.41) is 0.428. The molecule has 0 aromatic heterocycles. The third-order valence-corrected chi connectivity index (χ3v) is 4.41. The maximum atomic E-state index is 12.4. The Morgan fingerprint density at radius 1 is 1.09 bits per heavy atom. The van der Waals surface area contributed by atoms with Crippen molar-refractivity contribution in [2.24, 2.45) is 0 Å². The molecule has 1 heterocycles. The molecule has 3 rings (SSSR count). The number of carbonyl (C=O) groups excluding carboxylic acids is 1. The number of nitrogens with zero attached hydrogens (tertiary/aromatic N) is 1. The van der Waals surface area contributed by atoms with Crippen molar-refractivity contribution >= 4 is 17.4 Å². The van der Waals surface area contributed by atoms with Crippen LogP contribution in [0, 0.1) is 0 Å². The highest BCUT2D eigenvalue weighted by Crippen LogP contribution is 2.25. The van der Waals surface area contributed by atoms with E-state index in [9.17, 15) is 4.79 Å². The third kappa shape index (κ3) is 4.12. The quantitative estimate of drug-likeness (QED) is 0.749. The molecule has 0 N–H and O–H groups in total. The number of benzene rings is 2. The second-order valence-corrected chi connectivity index (χ2v) is 6.14. The van der Waals surface area contributed by atoms with E-state index in [4.69, 9.17) is 16.3 Å². The molecular weight excluding hydrogens is 310 g/mol. The number of halogens is 1. The second-order valence-electron chi connectivity index (χ2n) is 5.73. The Kier molecular flexibility index (Phi) is 5.31. The predicted octanol–water partition coefficient (Wildman–Crippen LogP) is 4.05. The summed E-state index contributed by atoms with van der Waals surface area (Å²) in [6, 6.07) is 14.4. The normalized spacial score (nSPS) is 14.8. The van der Waals surface area contributed by atoms with Gasteiger partial charge in [-0.05, 0) is 44.1 Å². The zero-order valence-electron chi connectivity index (χ0n) is 13.0. The average Bonchev–Trinajstić information content (AvgIpc) is 3.09. The molecule has 0 spiro atoms. The van der Waals surface area contributed by atoms with Crippen LogP contribution in [-0.4, -0.2) is 36.9 Å². The van der Waals surface area contributed by atoms with E-state index in [1.807, 2.05) is 24.3 Å². The fraction of sp³-hybridized carbons (Fsp3) is 0.316. The smallest absolute Gasteiger partial charge is 0.194 e. The van der Waals surface area contributed by atoms with Crippen LogP contribution in [0.25, 0.3) is 0 Å². The largest absolute Gasteiger partial charge is 0.492 e. The van der Waals surface area contributed by atoms with Crippen LogP contribution in [0.2, 0.25) is 5.02 Å². The lowest BCUT2D eigenvalue weighted by molar-refractivity contribution is 0.103. The number of carbonyl (C=O) groups is 1. The fourth-order valence-electron chi connectivity index (χ4n) is 2.81. The molecule has 0 unspecified atom stereocenters. The van der Waals surface area contributed by atoms with Gasteiger partial charge >= 0.3 is 0 Å². The zero-order chi connectivity index (χ0) is 16.1. The molecule has 0 radical (unpaired) electrons. The van der Waals surface area contributed by atoms with Gasteiger partial charge in [0.25, 0.3) is 0 Å². The van der Waals surface area contributed by atoms with Gasteiger partial charge in [0.2, 0.25) is 0 Å². The summed E-state index contributed by atoms with van der Waals surface area (Å²) in [7, 11) is 0. The van der Waals surface area contributed by atoms with Gasteiger partial charge in [-0.15, -0.1) is 0 Å². The first kappa shape index (κ1) is 16.0. The van der Waals surface area contributed by atoms with Gasteiger partial charge in [0, 0.05) is 17.7 Å². The van der Waals surface area contributed by atoms with Gasteiger partial charge in [-0.3, -0.25) is 9.69 Å². The van der Waals surface area contributed by atoms with Crippen molar-refractivity contribution in [3.8, 4) is 5.75 Å². The van der Waals surface area contributed by atoms with Crippen molar-refractivity contribution in [1.29, 1.82) is 0 Å². The van der Waals surface area contributed by atoms with E-state index in [0.29, 0.717) is 28.5 Å². The molecule has 2 aromatic carbocycles. The first-order chi connectivity index (χ1) is 11.2. The predicted molar refractivity (Wildman–Crippen MR) is 92.5 cm³/mol. The highest BCUT2D eigenvalue weighted by Gasteiger charge is 2.14. The van der Waals surface area contributed by atoms with E-state index >= 15 is 0 Å². The maximum absolute atomic E-state index is 12.4. The van der Waals surface area contributed by atoms with Crippen molar-refractivity contribution in [2.45, 2.75) is 12.8 Å². The van der Waals surface area contributed by atoms with Crippen LogP contribution < -0.4 is 4.74 Å². The molecule has 2 aromatic rings. The van der Waals surface area contributed by atoms with Crippen LogP contribution in [0.4, 0.5) is 0 Å². The summed E-state index contributed by atoms with van der Waals surface area (Å²) in [4.78, 5) is 14.8. The monoisotopic (exact) mass is 329 g/mol. The summed E-state index contributed by atoms with van der Waals surface area (Å²) < 4.78 is 5.75. The number of hydrogen-bond acceptors (Lipinski definition) is 3. The van der Waals surface area contributed by atoms with E-state index in [0.717, 1.165) is 19.6 Å². The number of likely N-dealkylation sites (tertiary alicyclic amines) is 1. The van der Waals surface area contributed by atoms with Crippen LogP contribution >= 0.6 is 11.6 Å². The van der Waals surface area contributed by atoms with Crippen molar-refractivity contribution < 1.29 is 9.53 Å². The van der Waals surface area contributed by atoms with Crippen LogP contribution in [0.5, 0.6) is 5.75 Å². The molecule has 23 heavy (non-hydrogen) atoms. The molecule has 0 atom stereocenters. The van der Waals surface area contributed by atoms with Gasteiger partial charge in [0.15, 0.2) is 5.78 Å². The van der Waals surface area contributed by atoms with Gasteiger partial charge in [-0.2, -0.15) is 0 Å². The van der Waals surface area contributed by atoms with Gasteiger partial charge in [-0.25, -0.2) is 0 Å². The van der Waals surface area contributed by atoms with Gasteiger partial charge in [0.1, 0.15) is 12.4 Å². The molecule has 0 saturated carbocycles. The van der Waals surface area contributed by atoms with E-state index in [2.05, 4.69) is 4.90 Å². The SMILES string of the molecule is O=C(c1ccccc1)c1ccc(OCCN2CCCC2)cc1Cl. The van der Waals surface area contributed by atoms with Crippen LogP contribution in [0.15, 0.2) is 48.5 Å². The van der Waals surface area contributed by atoms with E-state index < -0.39 is 0 Å². The molecule has 0 amide bonds. The summed E-state index contributed by atoms with van der Waals surface area (Å²) in [6.45, 7) is 3.90. The minimum Gasteiger partial charge on any atom is -0.492 e. The second kappa shape index (κ2) is 7.62. The van der Waals surface area contributed by atoms with Crippen molar-refractivity contribution in [3.63, 3.8) is 0 Å². The summed E-state index contributed by atoms with van der Waals surface area (Å²) in [6.07, 6.45) is 2.56. The molecule has 1 aliphatic rings. The number of hydrogen-bond donors (Lipinski definition) is 0. The molecule has 1 aliphatic heterocycles. The minimum absolute atomic E-state index is 0.0702. The Hall–Kier alpha value is -1.84. The Morgan fingerprint density at radius 2 is 1.83 bits per heavy atom. The Labute approximate surface area is 141 Å². The Balaban J connectivity index is 1.62. The number of rotatable bonds is 6. The third-order valence-electron chi connectivity index (χ3n) is 4.10. The van der Waals surface area contributed by atoms with E-state index in [1.165, 1.54) is 12.8 Å². The molecule has 120 valence electrons. The summed E-state index contributed by atoms with van der Waals surface area (Å²) in [5.74, 6) is 0.637. The first-order valence-corrected chi connectivity index (χ1v) is 8.36. The Morgan fingerprint density at radius 3 is 2.52 bits per heavy atom. The standard InChI is InChI=1S/C19H20ClNO2/c20-18-14-16(23-13-12-21-10-4-5-11-21)8-9-17(18)19(22)15-6-2-1-3-7-15/h1-3,6-9,14H,4-5,10-13H2. The lowest BCUT2D eigenvalue weighted by atomic mass is 10.0. The van der Waals surface area contributed by atoms with Crippen molar-refractivity contribution in [3.05, 3.63) is 64.7 Å². The van der Waals surface area contributed by atoms with Gasteiger partial charge in [-0.1, -0.05) is 41.9 Å². The van der Waals surface area contributed by atoms with Crippen LogP contribution in [-0.2, 0) is 0 Å². The highest BCUT2D eigenvalue weighted by molar-refractivity contribution is 6.35. The lowest BCUT2D eigenvalue weighted by Crippen LogP contribution is -2.25. The lowest BCUT2D eigenvalue weighted by Gasteiger charge is -2.15. The summed E-state index contributed by atoms with van der Waals surface area (Å²) in [5.41, 5.74) is 1.14. The molecule has 0 bridgehead atoms. The molecular formula is C19H20ClNO2. The van der Waals surface area contributed by atoms with Crippen molar-refractivity contribution in [1.82, 2.24) is 4.90 Å². The topological polar surface area (TPSA) is 29.5 Å². The zero-order valence-corrected chi connectivity index (χ0v) is 13.8. The van der Waals surface area contributed by atoms with Crippen LogP contribution in [0.1, 0.15) is 28.8 Å².